The number of pyridine rings is 1. The van der Waals surface area contributed by atoms with Crippen molar-refractivity contribution < 1.29 is 18.3 Å². The van der Waals surface area contributed by atoms with E-state index in [0.29, 0.717) is 0 Å². The number of methoxy groups -OCH3 is 1. The summed E-state index contributed by atoms with van der Waals surface area (Å²) in [5.41, 5.74) is 3.92. The van der Waals surface area contributed by atoms with E-state index in [2.05, 4.69) is 9.72 Å². The van der Waals surface area contributed by atoms with E-state index in [9.17, 15) is 13.6 Å². The van der Waals surface area contributed by atoms with E-state index in [1.54, 1.807) is 0 Å². The van der Waals surface area contributed by atoms with E-state index < -0.39 is 23.7 Å². The van der Waals surface area contributed by atoms with Crippen molar-refractivity contribution >= 4 is 23.3 Å². The van der Waals surface area contributed by atoms with E-state index in [0.717, 1.165) is 13.3 Å². The number of ether oxygens (including phenoxy) is 1. The summed E-state index contributed by atoms with van der Waals surface area (Å²) in [6, 6.07) is 0. The second kappa shape index (κ2) is 4.39. The maximum atomic E-state index is 12.5. The molecule has 0 saturated carbocycles. The van der Waals surface area contributed by atoms with Gasteiger partial charge >= 0.3 is 5.97 Å². The molecule has 0 saturated heterocycles. The van der Waals surface area contributed by atoms with Gasteiger partial charge in [-0.25, -0.2) is 13.6 Å². The fourth-order valence-corrected chi connectivity index (χ4v) is 1.14. The van der Waals surface area contributed by atoms with Crippen LogP contribution in [-0.4, -0.2) is 18.1 Å². The Labute approximate surface area is 89.0 Å². The van der Waals surface area contributed by atoms with Crippen molar-refractivity contribution in [1.29, 1.82) is 0 Å². The van der Waals surface area contributed by atoms with Crippen LogP contribution in [0.4, 0.5) is 14.5 Å². The topological polar surface area (TPSA) is 65.2 Å². The van der Waals surface area contributed by atoms with Gasteiger partial charge in [0.05, 0.1) is 17.8 Å². The van der Waals surface area contributed by atoms with Crippen LogP contribution in [0.1, 0.15) is 22.5 Å². The lowest BCUT2D eigenvalue weighted by molar-refractivity contribution is 0.0588. The molecular weight excluding hydrogens is 230 g/mol. The molecule has 0 aromatic carbocycles. The molecule has 0 fully saturated rings. The Morgan fingerprint density at radius 1 is 1.67 bits per heavy atom. The van der Waals surface area contributed by atoms with Gasteiger partial charge in [0, 0.05) is 6.20 Å². The third-order valence-corrected chi connectivity index (χ3v) is 2.00. The molecule has 0 spiro atoms. The number of esters is 1. The molecule has 1 aromatic rings. The molecule has 0 radical (unpaired) electrons. The number of hydrogen-bond donors (Lipinski definition) is 1. The predicted molar refractivity (Wildman–Crippen MR) is 50.0 cm³/mol. The highest BCUT2D eigenvalue weighted by Crippen LogP contribution is 2.30. The van der Waals surface area contributed by atoms with Crippen LogP contribution in [0.3, 0.4) is 0 Å². The number of aromatic nitrogens is 1. The number of carbonyl (C=O) groups is 1. The van der Waals surface area contributed by atoms with Gasteiger partial charge in [0.25, 0.3) is 6.43 Å². The number of anilines is 1. The van der Waals surface area contributed by atoms with Gasteiger partial charge in [-0.2, -0.15) is 0 Å². The molecule has 15 heavy (non-hydrogen) atoms. The quantitative estimate of drug-likeness (QED) is 0.798. The summed E-state index contributed by atoms with van der Waals surface area (Å²) < 4.78 is 29.2. The van der Waals surface area contributed by atoms with Gasteiger partial charge in [-0.1, -0.05) is 11.6 Å². The first-order valence-electron chi connectivity index (χ1n) is 3.79. The van der Waals surface area contributed by atoms with Crippen LogP contribution in [-0.2, 0) is 4.74 Å². The SMILES string of the molecule is COC(=O)c1c(C(F)F)ncc(Cl)c1N. The molecule has 0 bridgehead atoms. The maximum Gasteiger partial charge on any atom is 0.342 e. The van der Waals surface area contributed by atoms with E-state index in [4.69, 9.17) is 17.3 Å². The smallest absolute Gasteiger partial charge is 0.342 e. The number of carbonyl (C=O) groups excluding carboxylic acids is 1. The van der Waals surface area contributed by atoms with E-state index >= 15 is 0 Å². The second-order valence-electron chi connectivity index (χ2n) is 2.57. The predicted octanol–water partition coefficient (Wildman–Crippen LogP) is 2.04. The van der Waals surface area contributed by atoms with Gasteiger partial charge in [-0.3, -0.25) is 4.98 Å². The van der Waals surface area contributed by atoms with Crippen molar-refractivity contribution in [3.63, 3.8) is 0 Å². The van der Waals surface area contributed by atoms with Crippen molar-refractivity contribution in [2.75, 3.05) is 12.8 Å². The molecule has 0 unspecified atom stereocenters. The number of nitrogen functional groups attached to an aromatic ring is 1. The fourth-order valence-electron chi connectivity index (χ4n) is 1.000. The van der Waals surface area contributed by atoms with Gasteiger partial charge in [0.2, 0.25) is 0 Å². The van der Waals surface area contributed by atoms with E-state index in [1.807, 2.05) is 0 Å². The van der Waals surface area contributed by atoms with E-state index in [1.165, 1.54) is 0 Å². The first kappa shape index (κ1) is 11.6. The zero-order valence-electron chi connectivity index (χ0n) is 7.63. The van der Waals surface area contributed by atoms with Crippen LogP contribution in [0, 0.1) is 0 Å². The summed E-state index contributed by atoms with van der Waals surface area (Å²) in [6.07, 6.45) is -1.95. The lowest BCUT2D eigenvalue weighted by atomic mass is 10.1. The molecule has 0 aliphatic heterocycles. The van der Waals surface area contributed by atoms with Crippen LogP contribution in [0.25, 0.3) is 0 Å². The molecule has 0 atom stereocenters. The molecule has 1 heterocycles. The summed E-state index contributed by atoms with van der Waals surface area (Å²) in [7, 11) is 1.05. The van der Waals surface area contributed by atoms with Gasteiger partial charge in [0.1, 0.15) is 11.3 Å². The Balaban J connectivity index is 3.41. The highest BCUT2D eigenvalue weighted by atomic mass is 35.5. The van der Waals surface area contributed by atoms with Crippen LogP contribution in [0.5, 0.6) is 0 Å². The standard InChI is InChI=1S/C8H7ClF2N2O2/c1-15-8(14)4-5(12)3(9)2-13-6(4)7(10)11/h2,7H,1H3,(H2,12,13). The van der Waals surface area contributed by atoms with Crippen LogP contribution in [0.2, 0.25) is 5.02 Å². The van der Waals surface area contributed by atoms with Crippen LogP contribution in [0.15, 0.2) is 6.20 Å². The Bertz CT molecular complexity index is 398. The van der Waals surface area contributed by atoms with Gasteiger partial charge < -0.3 is 10.5 Å². The molecular formula is C8H7ClF2N2O2. The Kier molecular flexibility index (Phi) is 3.41. The van der Waals surface area contributed by atoms with Gasteiger partial charge in [-0.05, 0) is 0 Å². The number of nitrogens with two attached hydrogens (primary N) is 1. The zero-order chi connectivity index (χ0) is 11.6. The summed E-state index contributed by atoms with van der Waals surface area (Å²) in [6.45, 7) is 0. The first-order valence-corrected chi connectivity index (χ1v) is 4.17. The summed E-state index contributed by atoms with van der Waals surface area (Å²) >= 11 is 5.55. The van der Waals surface area contributed by atoms with Crippen molar-refractivity contribution in [2.45, 2.75) is 6.43 Å². The Morgan fingerprint density at radius 3 is 2.73 bits per heavy atom. The highest BCUT2D eigenvalue weighted by Gasteiger charge is 2.24. The zero-order valence-corrected chi connectivity index (χ0v) is 8.39. The molecule has 0 aliphatic rings. The molecule has 1 aromatic heterocycles. The minimum Gasteiger partial charge on any atom is -0.465 e. The molecule has 1 rings (SSSR count). The largest absolute Gasteiger partial charge is 0.465 e. The molecule has 82 valence electrons. The number of rotatable bonds is 2. The molecule has 4 nitrogen and oxygen atoms in total. The lowest BCUT2D eigenvalue weighted by Crippen LogP contribution is -2.12. The second-order valence-corrected chi connectivity index (χ2v) is 2.98. The van der Waals surface area contributed by atoms with Crippen molar-refractivity contribution in [3.05, 3.63) is 22.5 Å². The fraction of sp³-hybridized carbons (Fsp3) is 0.250. The number of halogens is 3. The van der Waals surface area contributed by atoms with E-state index in [-0.39, 0.29) is 10.7 Å². The number of hydrogen-bond acceptors (Lipinski definition) is 4. The molecule has 2 N–H and O–H groups in total. The van der Waals surface area contributed by atoms with Gasteiger partial charge in [-0.15, -0.1) is 0 Å². The van der Waals surface area contributed by atoms with Crippen LogP contribution >= 0.6 is 11.6 Å². The maximum absolute atomic E-state index is 12.5. The first-order chi connectivity index (χ1) is 6.99. The third-order valence-electron chi connectivity index (χ3n) is 1.70. The summed E-state index contributed by atoms with van der Waals surface area (Å²) in [5, 5.41) is -0.0696. The van der Waals surface area contributed by atoms with Crippen LogP contribution < -0.4 is 5.73 Å². The average Bonchev–Trinajstić information content (AvgIpc) is 2.20. The lowest BCUT2D eigenvalue weighted by Gasteiger charge is -2.09. The third kappa shape index (κ3) is 2.15. The normalized spacial score (nSPS) is 10.5. The molecule has 0 amide bonds. The summed E-state index contributed by atoms with van der Waals surface area (Å²) in [5.74, 6) is -0.988. The summed E-state index contributed by atoms with van der Waals surface area (Å²) in [4.78, 5) is 14.5. The van der Waals surface area contributed by atoms with Crippen molar-refractivity contribution in [3.8, 4) is 0 Å². The Morgan fingerprint density at radius 2 is 2.27 bits per heavy atom. The van der Waals surface area contributed by atoms with Crippen molar-refractivity contribution in [2.24, 2.45) is 0 Å². The van der Waals surface area contributed by atoms with Gasteiger partial charge in [0.15, 0.2) is 0 Å². The van der Waals surface area contributed by atoms with Crippen molar-refractivity contribution in [1.82, 2.24) is 4.98 Å². The Hall–Kier alpha value is -1.43. The number of nitrogens with zero attached hydrogens (tertiary/aromatic N) is 1. The monoisotopic (exact) mass is 236 g/mol. The number of alkyl halides is 2. The minimum atomic E-state index is -2.92. The molecule has 0 aliphatic carbocycles. The minimum absolute atomic E-state index is 0.0696. The molecule has 7 heteroatoms. The average molecular weight is 237 g/mol. The highest BCUT2D eigenvalue weighted by molar-refractivity contribution is 6.33.